The lowest BCUT2D eigenvalue weighted by Crippen LogP contribution is -2.28. The van der Waals surface area contributed by atoms with Crippen LogP contribution in [-0.2, 0) is 4.79 Å². The Bertz CT molecular complexity index is 407. The van der Waals surface area contributed by atoms with Gasteiger partial charge in [0.15, 0.2) is 0 Å². The minimum Gasteiger partial charge on any atom is -0.497 e. The van der Waals surface area contributed by atoms with Crippen LogP contribution in [0, 0.1) is 0 Å². The Kier molecular flexibility index (Phi) is 5.72. The standard InChI is InChI=1S/C12H15BrN2O2/c1-3-6-14-8-12(16)15-11-7-9(17-2)4-5-10(11)13/h3-5,7,14H,1,6,8H2,2H3,(H,15,16). The summed E-state index contributed by atoms with van der Waals surface area (Å²) in [6.07, 6.45) is 1.70. The van der Waals surface area contributed by atoms with Gasteiger partial charge in [-0.15, -0.1) is 6.58 Å². The number of anilines is 1. The number of ether oxygens (including phenoxy) is 1. The van der Waals surface area contributed by atoms with E-state index in [4.69, 9.17) is 4.74 Å². The molecule has 92 valence electrons. The maximum absolute atomic E-state index is 11.6. The summed E-state index contributed by atoms with van der Waals surface area (Å²) in [5.74, 6) is 0.586. The molecule has 0 aliphatic rings. The molecule has 0 atom stereocenters. The summed E-state index contributed by atoms with van der Waals surface area (Å²) >= 11 is 3.36. The van der Waals surface area contributed by atoms with Crippen molar-refractivity contribution in [1.82, 2.24) is 5.32 Å². The van der Waals surface area contributed by atoms with Crippen molar-refractivity contribution in [3.05, 3.63) is 35.3 Å². The molecule has 1 aromatic carbocycles. The summed E-state index contributed by atoms with van der Waals surface area (Å²) in [4.78, 5) is 11.6. The molecule has 0 aliphatic carbocycles. The second-order valence-corrected chi connectivity index (χ2v) is 4.17. The van der Waals surface area contributed by atoms with Gasteiger partial charge >= 0.3 is 0 Å². The minimum absolute atomic E-state index is 0.110. The zero-order chi connectivity index (χ0) is 12.7. The fourth-order valence-corrected chi connectivity index (χ4v) is 1.56. The van der Waals surface area contributed by atoms with E-state index in [1.54, 1.807) is 19.3 Å². The average Bonchev–Trinajstić information content (AvgIpc) is 2.32. The topological polar surface area (TPSA) is 50.4 Å². The molecule has 0 fully saturated rings. The van der Waals surface area contributed by atoms with Crippen molar-refractivity contribution in [2.45, 2.75) is 0 Å². The number of methoxy groups -OCH3 is 1. The van der Waals surface area contributed by atoms with Crippen molar-refractivity contribution < 1.29 is 9.53 Å². The van der Waals surface area contributed by atoms with Crippen molar-refractivity contribution in [3.63, 3.8) is 0 Å². The summed E-state index contributed by atoms with van der Waals surface area (Å²) in [7, 11) is 1.58. The highest BCUT2D eigenvalue weighted by molar-refractivity contribution is 9.10. The molecule has 0 spiro atoms. The first kappa shape index (κ1) is 13.7. The lowest BCUT2D eigenvalue weighted by Gasteiger charge is -2.09. The lowest BCUT2D eigenvalue weighted by molar-refractivity contribution is -0.115. The maximum atomic E-state index is 11.6. The second kappa shape index (κ2) is 7.09. The normalized spacial score (nSPS) is 9.76. The van der Waals surface area contributed by atoms with Crippen LogP contribution in [0.4, 0.5) is 5.69 Å². The van der Waals surface area contributed by atoms with E-state index in [9.17, 15) is 4.79 Å². The Morgan fingerprint density at radius 2 is 2.35 bits per heavy atom. The van der Waals surface area contributed by atoms with E-state index in [0.717, 1.165) is 4.47 Å². The van der Waals surface area contributed by atoms with Gasteiger partial charge < -0.3 is 15.4 Å². The number of halogens is 1. The van der Waals surface area contributed by atoms with E-state index in [1.165, 1.54) is 0 Å². The van der Waals surface area contributed by atoms with E-state index in [1.807, 2.05) is 12.1 Å². The van der Waals surface area contributed by atoms with Crippen LogP contribution in [0.1, 0.15) is 0 Å². The van der Waals surface area contributed by atoms with Gasteiger partial charge in [0, 0.05) is 17.1 Å². The second-order valence-electron chi connectivity index (χ2n) is 3.31. The van der Waals surface area contributed by atoms with Gasteiger partial charge in [-0.05, 0) is 28.1 Å². The molecule has 2 N–H and O–H groups in total. The predicted octanol–water partition coefficient (Wildman–Crippen LogP) is 2.17. The van der Waals surface area contributed by atoms with Gasteiger partial charge in [0.2, 0.25) is 5.91 Å². The van der Waals surface area contributed by atoms with E-state index in [-0.39, 0.29) is 12.5 Å². The Hall–Kier alpha value is -1.33. The molecule has 0 saturated heterocycles. The number of carbonyl (C=O) groups excluding carboxylic acids is 1. The van der Waals surface area contributed by atoms with Crippen LogP contribution in [0.3, 0.4) is 0 Å². The monoisotopic (exact) mass is 298 g/mol. The summed E-state index contributed by atoms with van der Waals surface area (Å²) < 4.78 is 5.90. The molecule has 0 aliphatic heterocycles. The zero-order valence-corrected chi connectivity index (χ0v) is 11.2. The van der Waals surface area contributed by atoms with Crippen molar-refractivity contribution in [2.75, 3.05) is 25.5 Å². The SMILES string of the molecule is C=CCNCC(=O)Nc1cc(OC)ccc1Br. The third-order valence-corrected chi connectivity index (χ3v) is 2.71. The highest BCUT2D eigenvalue weighted by atomic mass is 79.9. The Balaban J connectivity index is 2.60. The molecule has 1 rings (SSSR count). The molecule has 5 heteroatoms. The molecule has 1 aromatic rings. The van der Waals surface area contributed by atoms with Crippen LogP contribution < -0.4 is 15.4 Å². The van der Waals surface area contributed by atoms with Gasteiger partial charge in [-0.1, -0.05) is 6.08 Å². The Morgan fingerprint density at radius 1 is 1.59 bits per heavy atom. The third kappa shape index (κ3) is 4.58. The van der Waals surface area contributed by atoms with Crippen molar-refractivity contribution in [3.8, 4) is 5.75 Å². The fourth-order valence-electron chi connectivity index (χ4n) is 1.21. The molecule has 0 aromatic heterocycles. The highest BCUT2D eigenvalue weighted by Gasteiger charge is 2.06. The quantitative estimate of drug-likeness (QED) is 0.625. The molecule has 17 heavy (non-hydrogen) atoms. The molecular formula is C12H15BrN2O2. The van der Waals surface area contributed by atoms with Crippen LogP contribution >= 0.6 is 15.9 Å². The molecule has 1 amide bonds. The molecule has 0 radical (unpaired) electrons. The molecule has 0 bridgehead atoms. The van der Waals surface area contributed by atoms with E-state index < -0.39 is 0 Å². The summed E-state index contributed by atoms with van der Waals surface area (Å²) in [6, 6.07) is 5.40. The van der Waals surface area contributed by atoms with Crippen LogP contribution in [0.15, 0.2) is 35.3 Å². The number of hydrogen-bond donors (Lipinski definition) is 2. The smallest absolute Gasteiger partial charge is 0.238 e. The van der Waals surface area contributed by atoms with Gasteiger partial charge in [0.1, 0.15) is 5.75 Å². The first-order valence-corrected chi connectivity index (χ1v) is 5.91. The number of amides is 1. The summed E-state index contributed by atoms with van der Waals surface area (Å²) in [5.41, 5.74) is 0.690. The largest absolute Gasteiger partial charge is 0.497 e. The molecule has 0 heterocycles. The number of benzene rings is 1. The van der Waals surface area contributed by atoms with Crippen molar-refractivity contribution >= 4 is 27.5 Å². The molecular weight excluding hydrogens is 284 g/mol. The van der Waals surface area contributed by atoms with E-state index in [0.29, 0.717) is 18.0 Å². The van der Waals surface area contributed by atoms with Crippen LogP contribution in [-0.4, -0.2) is 26.1 Å². The van der Waals surface area contributed by atoms with Crippen molar-refractivity contribution in [1.29, 1.82) is 0 Å². The Morgan fingerprint density at radius 3 is 3.00 bits per heavy atom. The van der Waals surface area contributed by atoms with Crippen LogP contribution in [0.2, 0.25) is 0 Å². The number of rotatable bonds is 6. The molecule has 0 saturated carbocycles. The fraction of sp³-hybridized carbons (Fsp3) is 0.250. The van der Waals surface area contributed by atoms with Gasteiger partial charge in [-0.3, -0.25) is 4.79 Å². The maximum Gasteiger partial charge on any atom is 0.238 e. The van der Waals surface area contributed by atoms with Crippen LogP contribution in [0.25, 0.3) is 0 Å². The highest BCUT2D eigenvalue weighted by Crippen LogP contribution is 2.26. The zero-order valence-electron chi connectivity index (χ0n) is 9.63. The van der Waals surface area contributed by atoms with Crippen LogP contribution in [0.5, 0.6) is 5.75 Å². The van der Waals surface area contributed by atoms with Crippen molar-refractivity contribution in [2.24, 2.45) is 0 Å². The lowest BCUT2D eigenvalue weighted by atomic mass is 10.3. The van der Waals surface area contributed by atoms with E-state index in [2.05, 4.69) is 33.1 Å². The average molecular weight is 299 g/mol. The number of nitrogens with one attached hydrogen (secondary N) is 2. The molecule has 0 unspecified atom stereocenters. The predicted molar refractivity (Wildman–Crippen MR) is 72.4 cm³/mol. The first-order valence-electron chi connectivity index (χ1n) is 5.12. The summed E-state index contributed by atoms with van der Waals surface area (Å²) in [5, 5.41) is 5.71. The van der Waals surface area contributed by atoms with E-state index >= 15 is 0 Å². The van der Waals surface area contributed by atoms with Gasteiger partial charge in [0.25, 0.3) is 0 Å². The minimum atomic E-state index is -0.110. The van der Waals surface area contributed by atoms with Gasteiger partial charge in [-0.2, -0.15) is 0 Å². The first-order chi connectivity index (χ1) is 8.17. The van der Waals surface area contributed by atoms with Gasteiger partial charge in [0.05, 0.1) is 19.3 Å². The third-order valence-electron chi connectivity index (χ3n) is 2.02. The summed E-state index contributed by atoms with van der Waals surface area (Å²) in [6.45, 7) is 4.41. The number of carbonyl (C=O) groups is 1. The van der Waals surface area contributed by atoms with Gasteiger partial charge in [-0.25, -0.2) is 0 Å². The number of hydrogen-bond acceptors (Lipinski definition) is 3. The Labute approximate surface area is 109 Å². The molecule has 4 nitrogen and oxygen atoms in total.